The molecule has 1 aromatic heterocycles. The van der Waals surface area contributed by atoms with E-state index in [2.05, 4.69) is 10.2 Å². The van der Waals surface area contributed by atoms with Gasteiger partial charge in [-0.1, -0.05) is 78.9 Å². The van der Waals surface area contributed by atoms with E-state index in [0.29, 0.717) is 36.4 Å². The molecule has 3 aromatic carbocycles. The predicted octanol–water partition coefficient (Wildman–Crippen LogP) is 4.38. The van der Waals surface area contributed by atoms with E-state index in [1.54, 1.807) is 12.1 Å². The molecule has 1 fully saturated rings. The van der Waals surface area contributed by atoms with Gasteiger partial charge in [0, 0.05) is 36.1 Å². The van der Waals surface area contributed by atoms with Crippen molar-refractivity contribution in [3.05, 3.63) is 102 Å². The van der Waals surface area contributed by atoms with E-state index >= 15 is 0 Å². The van der Waals surface area contributed by atoms with E-state index in [1.807, 2.05) is 72.8 Å². The van der Waals surface area contributed by atoms with Gasteiger partial charge in [-0.05, 0) is 11.6 Å². The molecular formula is C30H29N3O4. The van der Waals surface area contributed by atoms with Crippen LogP contribution in [-0.2, 0) is 20.8 Å². The molecule has 1 amide bonds. The van der Waals surface area contributed by atoms with Crippen molar-refractivity contribution in [2.45, 2.75) is 12.6 Å². The summed E-state index contributed by atoms with van der Waals surface area (Å²) in [5.41, 5.74) is 4.39. The standard InChI is InChI=1S/C30H29N3O4/c1-36-30(35)28(22-12-6-3-7-13-22)32-29(34)26-23-14-8-9-15-25(23)31-27(21-10-4-2-5-11-21)24(26)20-33-16-18-37-19-17-33/h2-15,28H,16-20H2,1H3,(H,32,34). The van der Waals surface area contributed by atoms with Crippen LogP contribution >= 0.6 is 0 Å². The van der Waals surface area contributed by atoms with Gasteiger partial charge in [-0.2, -0.15) is 0 Å². The zero-order valence-electron chi connectivity index (χ0n) is 20.7. The molecule has 0 radical (unpaired) electrons. The first-order valence-corrected chi connectivity index (χ1v) is 12.4. The van der Waals surface area contributed by atoms with Crippen molar-refractivity contribution in [1.29, 1.82) is 0 Å². The van der Waals surface area contributed by atoms with Crippen LogP contribution in [0.25, 0.3) is 22.2 Å². The SMILES string of the molecule is COC(=O)C(NC(=O)c1c(CN2CCOCC2)c(-c2ccccc2)nc2ccccc12)c1ccccc1. The van der Waals surface area contributed by atoms with Crippen LogP contribution in [0.2, 0.25) is 0 Å². The summed E-state index contributed by atoms with van der Waals surface area (Å²) in [6.45, 7) is 3.33. The molecular weight excluding hydrogens is 466 g/mol. The number of benzene rings is 3. The fourth-order valence-electron chi connectivity index (χ4n) is 4.73. The quantitative estimate of drug-likeness (QED) is 0.384. The van der Waals surface area contributed by atoms with E-state index < -0.39 is 12.0 Å². The number of pyridine rings is 1. The van der Waals surface area contributed by atoms with Crippen LogP contribution < -0.4 is 5.32 Å². The highest BCUT2D eigenvalue weighted by Crippen LogP contribution is 2.32. The summed E-state index contributed by atoms with van der Waals surface area (Å²) in [4.78, 5) is 34.2. The molecule has 37 heavy (non-hydrogen) atoms. The third kappa shape index (κ3) is 5.38. The highest BCUT2D eigenvalue weighted by Gasteiger charge is 2.29. The highest BCUT2D eigenvalue weighted by molar-refractivity contribution is 6.10. The van der Waals surface area contributed by atoms with Gasteiger partial charge < -0.3 is 14.8 Å². The average Bonchev–Trinajstić information content (AvgIpc) is 2.96. The molecule has 0 spiro atoms. The summed E-state index contributed by atoms with van der Waals surface area (Å²) < 4.78 is 10.6. The molecule has 1 atom stereocenters. The van der Waals surface area contributed by atoms with Gasteiger partial charge in [-0.25, -0.2) is 9.78 Å². The second kappa shape index (κ2) is 11.3. The number of carbonyl (C=O) groups excluding carboxylic acids is 2. The number of nitrogens with one attached hydrogen (secondary N) is 1. The normalized spacial score (nSPS) is 14.7. The minimum atomic E-state index is -0.943. The number of rotatable bonds is 7. The van der Waals surface area contributed by atoms with E-state index in [1.165, 1.54) is 7.11 Å². The first-order valence-electron chi connectivity index (χ1n) is 12.4. The number of ether oxygens (including phenoxy) is 2. The minimum absolute atomic E-state index is 0.349. The Morgan fingerprint density at radius 2 is 1.59 bits per heavy atom. The summed E-state index contributed by atoms with van der Waals surface area (Å²) in [7, 11) is 1.32. The zero-order chi connectivity index (χ0) is 25.6. The largest absolute Gasteiger partial charge is 0.467 e. The zero-order valence-corrected chi connectivity index (χ0v) is 20.7. The molecule has 7 nitrogen and oxygen atoms in total. The molecule has 0 aliphatic carbocycles. The average molecular weight is 496 g/mol. The maximum Gasteiger partial charge on any atom is 0.333 e. The molecule has 1 aliphatic heterocycles. The highest BCUT2D eigenvalue weighted by atomic mass is 16.5. The number of carbonyl (C=O) groups is 2. The molecule has 1 saturated heterocycles. The summed E-state index contributed by atoms with van der Waals surface area (Å²) in [5.74, 6) is -0.880. The number of hydrogen-bond acceptors (Lipinski definition) is 6. The van der Waals surface area contributed by atoms with E-state index in [4.69, 9.17) is 14.5 Å². The lowest BCUT2D eigenvalue weighted by Crippen LogP contribution is -2.38. The van der Waals surface area contributed by atoms with Gasteiger partial charge in [0.15, 0.2) is 6.04 Å². The van der Waals surface area contributed by atoms with Crippen molar-refractivity contribution in [2.24, 2.45) is 0 Å². The van der Waals surface area contributed by atoms with Gasteiger partial charge in [0.05, 0.1) is 37.1 Å². The van der Waals surface area contributed by atoms with Crippen LogP contribution in [0.15, 0.2) is 84.9 Å². The van der Waals surface area contributed by atoms with Crippen molar-refractivity contribution in [1.82, 2.24) is 15.2 Å². The van der Waals surface area contributed by atoms with Crippen molar-refractivity contribution in [3.63, 3.8) is 0 Å². The van der Waals surface area contributed by atoms with Crippen LogP contribution in [-0.4, -0.2) is 55.2 Å². The van der Waals surface area contributed by atoms with E-state index in [9.17, 15) is 9.59 Å². The van der Waals surface area contributed by atoms with Crippen LogP contribution in [0.1, 0.15) is 27.5 Å². The molecule has 188 valence electrons. The van der Waals surface area contributed by atoms with Crippen LogP contribution in [0.4, 0.5) is 0 Å². The Bertz CT molecular complexity index is 1390. The molecule has 0 bridgehead atoms. The number of hydrogen-bond donors (Lipinski definition) is 1. The van der Waals surface area contributed by atoms with Gasteiger partial charge in [-0.3, -0.25) is 9.69 Å². The smallest absolute Gasteiger partial charge is 0.333 e. The Kier molecular flexibility index (Phi) is 7.54. The minimum Gasteiger partial charge on any atom is -0.467 e. The van der Waals surface area contributed by atoms with Crippen molar-refractivity contribution < 1.29 is 19.1 Å². The molecule has 2 heterocycles. The summed E-state index contributed by atoms with van der Waals surface area (Å²) in [6.07, 6.45) is 0. The number of esters is 1. The van der Waals surface area contributed by atoms with E-state index in [-0.39, 0.29) is 5.91 Å². The molecule has 5 rings (SSSR count). The molecule has 1 aliphatic rings. The van der Waals surface area contributed by atoms with Crippen LogP contribution in [0.3, 0.4) is 0 Å². The number of methoxy groups -OCH3 is 1. The van der Waals surface area contributed by atoms with Gasteiger partial charge in [-0.15, -0.1) is 0 Å². The fourth-order valence-corrected chi connectivity index (χ4v) is 4.73. The first-order chi connectivity index (χ1) is 18.2. The topological polar surface area (TPSA) is 80.8 Å². The lowest BCUT2D eigenvalue weighted by atomic mass is 9.95. The third-order valence-corrected chi connectivity index (χ3v) is 6.60. The van der Waals surface area contributed by atoms with E-state index in [0.717, 1.165) is 35.3 Å². The lowest BCUT2D eigenvalue weighted by molar-refractivity contribution is -0.143. The Labute approximate surface area is 216 Å². The number of para-hydroxylation sites is 1. The van der Waals surface area contributed by atoms with Crippen LogP contribution in [0.5, 0.6) is 0 Å². The first kappa shape index (κ1) is 24.6. The number of fused-ring (bicyclic) bond motifs is 1. The number of nitrogens with zero attached hydrogens (tertiary/aromatic N) is 2. The molecule has 1 N–H and O–H groups in total. The lowest BCUT2D eigenvalue weighted by Gasteiger charge is -2.29. The van der Waals surface area contributed by atoms with Crippen molar-refractivity contribution >= 4 is 22.8 Å². The Morgan fingerprint density at radius 3 is 2.30 bits per heavy atom. The molecule has 7 heteroatoms. The second-order valence-corrected chi connectivity index (χ2v) is 8.93. The van der Waals surface area contributed by atoms with Gasteiger partial charge in [0.25, 0.3) is 5.91 Å². The maximum atomic E-state index is 14.1. The number of morpholine rings is 1. The summed E-state index contributed by atoms with van der Waals surface area (Å²) >= 11 is 0. The Morgan fingerprint density at radius 1 is 0.946 bits per heavy atom. The van der Waals surface area contributed by atoms with Gasteiger partial charge >= 0.3 is 5.97 Å². The molecule has 0 saturated carbocycles. The Balaban J connectivity index is 1.66. The van der Waals surface area contributed by atoms with Gasteiger partial charge in [0.1, 0.15) is 0 Å². The maximum absolute atomic E-state index is 14.1. The number of aromatic nitrogens is 1. The van der Waals surface area contributed by atoms with Crippen molar-refractivity contribution in [3.8, 4) is 11.3 Å². The second-order valence-electron chi connectivity index (χ2n) is 8.93. The van der Waals surface area contributed by atoms with Crippen LogP contribution in [0, 0.1) is 0 Å². The Hall–Kier alpha value is -4.07. The van der Waals surface area contributed by atoms with Gasteiger partial charge in [0.2, 0.25) is 0 Å². The fraction of sp³-hybridized carbons (Fsp3) is 0.233. The molecule has 1 unspecified atom stereocenters. The monoisotopic (exact) mass is 495 g/mol. The van der Waals surface area contributed by atoms with Crippen molar-refractivity contribution in [2.75, 3.05) is 33.4 Å². The number of amides is 1. The third-order valence-electron chi connectivity index (χ3n) is 6.60. The summed E-state index contributed by atoms with van der Waals surface area (Å²) in [5, 5.41) is 3.70. The summed E-state index contributed by atoms with van der Waals surface area (Å²) in [6, 6.07) is 25.7. The predicted molar refractivity (Wildman–Crippen MR) is 142 cm³/mol. The molecule has 4 aromatic rings.